The molecule has 1 aliphatic heterocycles. The molecule has 0 saturated heterocycles. The zero-order chi connectivity index (χ0) is 15.9. The molecule has 7 nitrogen and oxygen atoms in total. The quantitative estimate of drug-likeness (QED) is 0.926. The van der Waals surface area contributed by atoms with Crippen molar-refractivity contribution in [3.05, 3.63) is 41.3 Å². The first-order valence-electron chi connectivity index (χ1n) is 6.70. The number of rotatable bonds is 3. The van der Waals surface area contributed by atoms with E-state index in [9.17, 15) is 13.2 Å². The number of anilines is 2. The van der Waals surface area contributed by atoms with Crippen LogP contribution in [0.4, 0.5) is 11.4 Å². The summed E-state index contributed by atoms with van der Waals surface area (Å²) in [5.74, 6) is 0.162. The van der Waals surface area contributed by atoms with Gasteiger partial charge in [-0.3, -0.25) is 9.10 Å². The topological polar surface area (TPSA) is 92.5 Å². The smallest absolute Gasteiger partial charge is 0.277 e. The molecule has 0 unspecified atom stereocenters. The number of nitrogens with zero attached hydrogens (tertiary/aromatic N) is 2. The van der Waals surface area contributed by atoms with E-state index in [4.69, 9.17) is 4.52 Å². The van der Waals surface area contributed by atoms with Gasteiger partial charge in [-0.15, -0.1) is 0 Å². The Morgan fingerprint density at radius 3 is 2.82 bits per heavy atom. The number of hydrogen-bond acceptors (Lipinski definition) is 5. The van der Waals surface area contributed by atoms with Gasteiger partial charge in [-0.1, -0.05) is 11.2 Å². The van der Waals surface area contributed by atoms with Crippen molar-refractivity contribution in [1.82, 2.24) is 5.16 Å². The summed E-state index contributed by atoms with van der Waals surface area (Å²) in [5.41, 5.74) is 2.19. The molecule has 0 bridgehead atoms. The maximum atomic E-state index is 12.1. The predicted octanol–water partition coefficient (Wildman–Crippen LogP) is 1.56. The van der Waals surface area contributed by atoms with Crippen molar-refractivity contribution >= 4 is 27.3 Å². The lowest BCUT2D eigenvalue weighted by Gasteiger charge is -2.17. The number of carbonyl (C=O) groups excluding carboxylic acids is 1. The molecule has 1 N–H and O–H groups in total. The molecule has 0 atom stereocenters. The lowest BCUT2D eigenvalue weighted by Crippen LogP contribution is -2.27. The molecule has 0 saturated carbocycles. The average molecular weight is 321 g/mol. The summed E-state index contributed by atoms with van der Waals surface area (Å²) in [7, 11) is -3.32. The van der Waals surface area contributed by atoms with E-state index in [-0.39, 0.29) is 11.6 Å². The molecule has 0 aliphatic carbocycles. The largest absolute Gasteiger partial charge is 0.361 e. The molecule has 1 amide bonds. The van der Waals surface area contributed by atoms with E-state index in [0.717, 1.165) is 5.56 Å². The first kappa shape index (κ1) is 14.6. The van der Waals surface area contributed by atoms with Crippen molar-refractivity contribution in [3.63, 3.8) is 0 Å². The van der Waals surface area contributed by atoms with Gasteiger partial charge in [-0.25, -0.2) is 8.42 Å². The molecule has 1 aromatic heterocycles. The van der Waals surface area contributed by atoms with E-state index < -0.39 is 10.0 Å². The SMILES string of the molecule is Cc1cc(C(=O)Nc2cccc3c2CCN3S(C)(=O)=O)no1. The van der Waals surface area contributed by atoms with Gasteiger partial charge >= 0.3 is 0 Å². The second kappa shape index (κ2) is 5.13. The van der Waals surface area contributed by atoms with Gasteiger partial charge in [0.1, 0.15) is 5.76 Å². The van der Waals surface area contributed by atoms with E-state index in [1.807, 2.05) is 0 Å². The normalized spacial score (nSPS) is 14.0. The Hall–Kier alpha value is -2.35. The van der Waals surface area contributed by atoms with Gasteiger partial charge in [-0.05, 0) is 25.5 Å². The highest BCUT2D eigenvalue weighted by Gasteiger charge is 2.28. The van der Waals surface area contributed by atoms with Crippen LogP contribution in [0.25, 0.3) is 0 Å². The van der Waals surface area contributed by atoms with Gasteiger partial charge in [0.2, 0.25) is 10.0 Å². The van der Waals surface area contributed by atoms with Crippen molar-refractivity contribution in [3.8, 4) is 0 Å². The minimum absolute atomic E-state index is 0.188. The van der Waals surface area contributed by atoms with E-state index >= 15 is 0 Å². The number of hydrogen-bond donors (Lipinski definition) is 1. The van der Waals surface area contributed by atoms with E-state index in [1.54, 1.807) is 31.2 Å². The van der Waals surface area contributed by atoms with Crippen LogP contribution < -0.4 is 9.62 Å². The fourth-order valence-corrected chi connectivity index (χ4v) is 3.48. The van der Waals surface area contributed by atoms with Crippen molar-refractivity contribution in [2.24, 2.45) is 0 Å². The molecule has 8 heteroatoms. The zero-order valence-corrected chi connectivity index (χ0v) is 13.0. The highest BCUT2D eigenvalue weighted by molar-refractivity contribution is 7.92. The summed E-state index contributed by atoms with van der Waals surface area (Å²) in [6.07, 6.45) is 1.72. The summed E-state index contributed by atoms with van der Waals surface area (Å²) in [6.45, 7) is 2.08. The number of amides is 1. The second-order valence-corrected chi connectivity index (χ2v) is 7.07. The highest BCUT2D eigenvalue weighted by Crippen LogP contribution is 2.35. The summed E-state index contributed by atoms with van der Waals surface area (Å²) in [6, 6.07) is 6.74. The lowest BCUT2D eigenvalue weighted by atomic mass is 10.1. The Kier molecular flexibility index (Phi) is 3.40. The Morgan fingerprint density at radius 1 is 1.41 bits per heavy atom. The highest BCUT2D eigenvalue weighted by atomic mass is 32.2. The maximum Gasteiger partial charge on any atom is 0.277 e. The average Bonchev–Trinajstić information content (AvgIpc) is 3.04. The summed E-state index contributed by atoms with van der Waals surface area (Å²) >= 11 is 0. The molecule has 1 aliphatic rings. The van der Waals surface area contributed by atoms with Gasteiger partial charge in [0.15, 0.2) is 5.69 Å². The van der Waals surface area contributed by atoms with Gasteiger partial charge in [0.25, 0.3) is 5.91 Å². The van der Waals surface area contributed by atoms with Crippen LogP contribution in [0, 0.1) is 6.92 Å². The third-order valence-electron chi connectivity index (χ3n) is 3.49. The van der Waals surface area contributed by atoms with Crippen LogP contribution in [0.5, 0.6) is 0 Å². The van der Waals surface area contributed by atoms with E-state index in [1.165, 1.54) is 10.6 Å². The van der Waals surface area contributed by atoms with Gasteiger partial charge in [0.05, 0.1) is 11.9 Å². The summed E-state index contributed by atoms with van der Waals surface area (Å²) < 4.78 is 29.8. The van der Waals surface area contributed by atoms with Crippen LogP contribution in [-0.2, 0) is 16.4 Å². The molecule has 22 heavy (non-hydrogen) atoms. The zero-order valence-electron chi connectivity index (χ0n) is 12.2. The minimum Gasteiger partial charge on any atom is -0.361 e. The molecule has 116 valence electrons. The van der Waals surface area contributed by atoms with E-state index in [2.05, 4.69) is 10.5 Å². The monoisotopic (exact) mass is 321 g/mol. The minimum atomic E-state index is -3.32. The molecule has 2 heterocycles. The maximum absolute atomic E-state index is 12.1. The number of sulfonamides is 1. The second-order valence-electron chi connectivity index (χ2n) is 5.17. The van der Waals surface area contributed by atoms with Gasteiger partial charge in [0, 0.05) is 23.9 Å². The third-order valence-corrected chi connectivity index (χ3v) is 4.67. The van der Waals surface area contributed by atoms with Crippen LogP contribution >= 0.6 is 0 Å². The molecule has 2 aromatic rings. The molecule has 3 rings (SSSR count). The third kappa shape index (κ3) is 2.57. The Labute approximate surface area is 128 Å². The first-order chi connectivity index (χ1) is 10.4. The number of benzene rings is 1. The molecular weight excluding hydrogens is 306 g/mol. The van der Waals surface area contributed by atoms with Crippen LogP contribution in [-0.4, -0.2) is 32.3 Å². The summed E-state index contributed by atoms with van der Waals surface area (Å²) in [4.78, 5) is 12.1. The Bertz CT molecular complexity index is 842. The molecule has 0 spiro atoms. The molecular formula is C14H15N3O4S. The van der Waals surface area contributed by atoms with Crippen LogP contribution in [0.2, 0.25) is 0 Å². The van der Waals surface area contributed by atoms with Crippen molar-refractivity contribution in [1.29, 1.82) is 0 Å². The van der Waals surface area contributed by atoms with Crippen LogP contribution in [0.3, 0.4) is 0 Å². The first-order valence-corrected chi connectivity index (χ1v) is 8.55. The number of aromatic nitrogens is 1. The van der Waals surface area contributed by atoms with Crippen LogP contribution in [0.15, 0.2) is 28.8 Å². The fourth-order valence-electron chi connectivity index (χ4n) is 2.53. The van der Waals surface area contributed by atoms with Crippen molar-refractivity contribution < 1.29 is 17.7 Å². The molecule has 0 radical (unpaired) electrons. The van der Waals surface area contributed by atoms with E-state index in [0.29, 0.717) is 30.1 Å². The molecule has 1 aromatic carbocycles. The van der Waals surface area contributed by atoms with Crippen LogP contribution in [0.1, 0.15) is 21.8 Å². The predicted molar refractivity (Wildman–Crippen MR) is 81.5 cm³/mol. The molecule has 0 fully saturated rings. The number of nitrogens with one attached hydrogen (secondary N) is 1. The van der Waals surface area contributed by atoms with Crippen molar-refractivity contribution in [2.75, 3.05) is 22.4 Å². The standard InChI is InChI=1S/C14H15N3O4S/c1-9-8-12(16-21-9)14(18)15-11-4-3-5-13-10(11)6-7-17(13)22(2,19)20/h3-5,8H,6-7H2,1-2H3,(H,15,18). The Morgan fingerprint density at radius 2 is 2.18 bits per heavy atom. The Balaban J connectivity index is 1.91. The lowest BCUT2D eigenvalue weighted by molar-refractivity contribution is 0.101. The number of carbonyl (C=O) groups is 1. The number of fused-ring (bicyclic) bond motifs is 1. The van der Waals surface area contributed by atoms with Crippen molar-refractivity contribution in [2.45, 2.75) is 13.3 Å². The van der Waals surface area contributed by atoms with Gasteiger partial charge in [-0.2, -0.15) is 0 Å². The fraction of sp³-hybridized carbons (Fsp3) is 0.286. The van der Waals surface area contributed by atoms with Gasteiger partial charge < -0.3 is 9.84 Å². The summed E-state index contributed by atoms with van der Waals surface area (Å²) in [5, 5.41) is 6.43. The number of aryl methyl sites for hydroxylation is 1.